The molecule has 36 heavy (non-hydrogen) atoms. The number of nitrogens with zero attached hydrogens (tertiary/aromatic N) is 2. The zero-order chi connectivity index (χ0) is 27.3. The lowest BCUT2D eigenvalue weighted by atomic mass is 10.0. The van der Waals surface area contributed by atoms with Crippen molar-refractivity contribution in [2.24, 2.45) is 0 Å². The van der Waals surface area contributed by atoms with Gasteiger partial charge in [-0.1, -0.05) is 57.2 Å². The molecule has 2 aromatic rings. The first-order chi connectivity index (χ1) is 16.6. The minimum atomic E-state index is -3.76. The van der Waals surface area contributed by atoms with E-state index in [0.717, 1.165) is 27.3 Å². The molecule has 2 rings (SSSR count). The van der Waals surface area contributed by atoms with Crippen LogP contribution in [0, 0.1) is 6.92 Å². The van der Waals surface area contributed by atoms with E-state index in [-0.39, 0.29) is 12.5 Å². The average molecular weight is 516 g/mol. The lowest BCUT2D eigenvalue weighted by Crippen LogP contribution is -2.55. The molecule has 0 saturated carbocycles. The summed E-state index contributed by atoms with van der Waals surface area (Å²) in [5.41, 5.74) is 2.91. The van der Waals surface area contributed by atoms with E-state index in [2.05, 4.69) is 19.2 Å². The van der Waals surface area contributed by atoms with Crippen LogP contribution < -0.4 is 9.62 Å². The van der Waals surface area contributed by atoms with E-state index in [0.29, 0.717) is 18.0 Å². The van der Waals surface area contributed by atoms with Crippen LogP contribution in [0.15, 0.2) is 48.5 Å². The highest BCUT2D eigenvalue weighted by molar-refractivity contribution is 7.92. The zero-order valence-corrected chi connectivity index (χ0v) is 23.6. The summed E-state index contributed by atoms with van der Waals surface area (Å²) in [5, 5.41) is 2.97. The van der Waals surface area contributed by atoms with E-state index in [1.165, 1.54) is 4.90 Å². The molecule has 2 aromatic carbocycles. The summed E-state index contributed by atoms with van der Waals surface area (Å²) in [6.45, 7) is 13.4. The van der Waals surface area contributed by atoms with Gasteiger partial charge in [0, 0.05) is 12.1 Å². The van der Waals surface area contributed by atoms with Crippen molar-refractivity contribution in [3.63, 3.8) is 0 Å². The van der Waals surface area contributed by atoms with Gasteiger partial charge in [0.15, 0.2) is 0 Å². The van der Waals surface area contributed by atoms with Crippen LogP contribution >= 0.6 is 0 Å². The molecule has 0 bridgehead atoms. The first-order valence-corrected chi connectivity index (χ1v) is 14.2. The van der Waals surface area contributed by atoms with E-state index in [1.807, 2.05) is 71.0 Å². The van der Waals surface area contributed by atoms with Crippen molar-refractivity contribution < 1.29 is 18.0 Å². The van der Waals surface area contributed by atoms with Gasteiger partial charge in [-0.25, -0.2) is 8.42 Å². The Hall–Kier alpha value is -2.87. The highest BCUT2D eigenvalue weighted by Gasteiger charge is 2.33. The third-order valence-corrected chi connectivity index (χ3v) is 7.15. The van der Waals surface area contributed by atoms with E-state index in [1.54, 1.807) is 12.1 Å². The molecular formula is C28H41N3O4S. The number of hydrogen-bond donors (Lipinski definition) is 1. The number of anilines is 1. The number of aryl methyl sites for hydroxylation is 1. The number of carbonyl (C=O) groups is 2. The summed E-state index contributed by atoms with van der Waals surface area (Å²) in [6.07, 6.45) is 1.48. The molecule has 7 nitrogen and oxygen atoms in total. The predicted molar refractivity (Wildman–Crippen MR) is 146 cm³/mol. The standard InChI is InChI=1S/C28H41N3O4S/c1-9-25(27(33)29-28(5,6)7)30(18-23-13-11-10-12-21(23)4)26(32)19-31(36(8,34)35)24-16-14-22(15-17-24)20(2)3/h10-17,20,25H,9,18-19H2,1-8H3,(H,29,33). The number of nitrogens with one attached hydrogen (secondary N) is 1. The normalized spacial score (nSPS) is 12.8. The summed E-state index contributed by atoms with van der Waals surface area (Å²) in [7, 11) is -3.76. The van der Waals surface area contributed by atoms with Gasteiger partial charge in [0.2, 0.25) is 21.8 Å². The molecule has 0 radical (unpaired) electrons. The monoisotopic (exact) mass is 515 g/mol. The Morgan fingerprint density at radius 3 is 2.06 bits per heavy atom. The van der Waals surface area contributed by atoms with Crippen LogP contribution in [-0.4, -0.2) is 49.5 Å². The third kappa shape index (κ3) is 8.08. The molecule has 8 heteroatoms. The molecule has 0 aliphatic carbocycles. The number of rotatable bonds is 10. The van der Waals surface area contributed by atoms with Crippen LogP contribution in [0.1, 0.15) is 70.6 Å². The maximum absolute atomic E-state index is 13.8. The van der Waals surface area contributed by atoms with Crippen molar-refractivity contribution in [2.75, 3.05) is 17.1 Å². The van der Waals surface area contributed by atoms with Crippen LogP contribution in [0.4, 0.5) is 5.69 Å². The van der Waals surface area contributed by atoms with Gasteiger partial charge in [0.1, 0.15) is 12.6 Å². The van der Waals surface area contributed by atoms with Gasteiger partial charge in [-0.15, -0.1) is 0 Å². The summed E-state index contributed by atoms with van der Waals surface area (Å²) in [5.74, 6) is -0.407. The second-order valence-electron chi connectivity index (χ2n) is 10.6. The topological polar surface area (TPSA) is 86.8 Å². The molecule has 0 aromatic heterocycles. The van der Waals surface area contributed by atoms with Crippen molar-refractivity contribution in [2.45, 2.75) is 78.9 Å². The van der Waals surface area contributed by atoms with Crippen LogP contribution in [0.3, 0.4) is 0 Å². The molecule has 1 atom stereocenters. The Bertz CT molecular complexity index is 1150. The second-order valence-corrected chi connectivity index (χ2v) is 12.5. The Labute approximate surface area is 216 Å². The Morgan fingerprint density at radius 1 is 1.00 bits per heavy atom. The van der Waals surface area contributed by atoms with Gasteiger partial charge in [-0.05, 0) is 68.9 Å². The minimum absolute atomic E-state index is 0.200. The first-order valence-electron chi connectivity index (χ1n) is 12.4. The van der Waals surface area contributed by atoms with E-state index < -0.39 is 34.1 Å². The number of hydrogen-bond acceptors (Lipinski definition) is 4. The second kappa shape index (κ2) is 11.9. The fourth-order valence-electron chi connectivity index (χ4n) is 3.98. The molecule has 1 unspecified atom stereocenters. The highest BCUT2D eigenvalue weighted by Crippen LogP contribution is 2.23. The first kappa shape index (κ1) is 29.4. The Balaban J connectivity index is 2.47. The highest BCUT2D eigenvalue weighted by atomic mass is 32.2. The zero-order valence-electron chi connectivity index (χ0n) is 22.8. The quantitative estimate of drug-likeness (QED) is 0.501. The maximum Gasteiger partial charge on any atom is 0.244 e. The molecule has 1 N–H and O–H groups in total. The molecule has 0 spiro atoms. The Morgan fingerprint density at radius 2 is 1.58 bits per heavy atom. The number of sulfonamides is 1. The van der Waals surface area contributed by atoms with Crippen molar-refractivity contribution in [1.82, 2.24) is 10.2 Å². The molecule has 0 fully saturated rings. The molecule has 198 valence electrons. The SMILES string of the molecule is CCC(C(=O)NC(C)(C)C)N(Cc1ccccc1C)C(=O)CN(c1ccc(C(C)C)cc1)S(C)(=O)=O. The van der Waals surface area contributed by atoms with Crippen LogP contribution in [0.2, 0.25) is 0 Å². The van der Waals surface area contributed by atoms with Gasteiger partial charge < -0.3 is 10.2 Å². The van der Waals surface area contributed by atoms with Crippen molar-refractivity contribution in [3.05, 3.63) is 65.2 Å². The van der Waals surface area contributed by atoms with Gasteiger partial charge in [0.05, 0.1) is 11.9 Å². The van der Waals surface area contributed by atoms with Gasteiger partial charge in [-0.3, -0.25) is 13.9 Å². The lowest BCUT2D eigenvalue weighted by Gasteiger charge is -2.34. The van der Waals surface area contributed by atoms with Crippen molar-refractivity contribution in [3.8, 4) is 0 Å². The average Bonchev–Trinajstić information content (AvgIpc) is 2.76. The number of benzene rings is 2. The fourth-order valence-corrected chi connectivity index (χ4v) is 4.83. The van der Waals surface area contributed by atoms with Crippen LogP contribution in [-0.2, 0) is 26.2 Å². The molecule has 0 aliphatic rings. The minimum Gasteiger partial charge on any atom is -0.350 e. The Kier molecular flexibility index (Phi) is 9.71. The van der Waals surface area contributed by atoms with Crippen LogP contribution in [0.25, 0.3) is 0 Å². The number of amides is 2. The summed E-state index contributed by atoms with van der Waals surface area (Å²) in [6, 6.07) is 14.1. The van der Waals surface area contributed by atoms with Gasteiger partial charge in [-0.2, -0.15) is 0 Å². The fraction of sp³-hybridized carbons (Fsp3) is 0.500. The van der Waals surface area contributed by atoms with Crippen molar-refractivity contribution in [1.29, 1.82) is 0 Å². The number of carbonyl (C=O) groups excluding carboxylic acids is 2. The molecule has 0 aliphatic heterocycles. The summed E-state index contributed by atoms with van der Waals surface area (Å²) < 4.78 is 26.6. The predicted octanol–water partition coefficient (Wildman–Crippen LogP) is 4.61. The molecule has 0 saturated heterocycles. The van der Waals surface area contributed by atoms with Crippen LogP contribution in [0.5, 0.6) is 0 Å². The maximum atomic E-state index is 13.8. The van der Waals surface area contributed by atoms with Gasteiger partial charge in [0.25, 0.3) is 0 Å². The summed E-state index contributed by atoms with van der Waals surface area (Å²) >= 11 is 0. The van der Waals surface area contributed by atoms with E-state index in [4.69, 9.17) is 0 Å². The smallest absolute Gasteiger partial charge is 0.244 e. The molecule has 0 heterocycles. The van der Waals surface area contributed by atoms with E-state index >= 15 is 0 Å². The van der Waals surface area contributed by atoms with Gasteiger partial charge >= 0.3 is 0 Å². The molecule has 2 amide bonds. The largest absolute Gasteiger partial charge is 0.350 e. The molecular weight excluding hydrogens is 474 g/mol. The third-order valence-electron chi connectivity index (χ3n) is 6.01. The lowest BCUT2D eigenvalue weighted by molar-refractivity contribution is -0.141. The van der Waals surface area contributed by atoms with E-state index in [9.17, 15) is 18.0 Å². The summed E-state index contributed by atoms with van der Waals surface area (Å²) in [4.78, 5) is 28.5. The van der Waals surface area contributed by atoms with Crippen molar-refractivity contribution >= 4 is 27.5 Å².